The SMILES string of the molecule is CCCCC(CCC)CCCCCOCCCN. The first-order valence-electron chi connectivity index (χ1n) is 8.12. The molecule has 0 amide bonds. The second-order valence-electron chi connectivity index (χ2n) is 5.40. The summed E-state index contributed by atoms with van der Waals surface area (Å²) in [6, 6.07) is 0. The van der Waals surface area contributed by atoms with E-state index in [9.17, 15) is 0 Å². The summed E-state index contributed by atoms with van der Waals surface area (Å²) in [4.78, 5) is 0. The van der Waals surface area contributed by atoms with Crippen LogP contribution in [0.4, 0.5) is 0 Å². The zero-order valence-corrected chi connectivity index (χ0v) is 12.8. The van der Waals surface area contributed by atoms with Gasteiger partial charge in [-0.05, 0) is 25.3 Å². The van der Waals surface area contributed by atoms with Crippen LogP contribution < -0.4 is 5.73 Å². The van der Waals surface area contributed by atoms with Crippen LogP contribution in [0.2, 0.25) is 0 Å². The number of ether oxygens (including phenoxy) is 1. The van der Waals surface area contributed by atoms with Crippen LogP contribution in [0.15, 0.2) is 0 Å². The Kier molecular flexibility index (Phi) is 14.9. The summed E-state index contributed by atoms with van der Waals surface area (Å²) in [5, 5.41) is 0. The molecule has 0 fully saturated rings. The zero-order chi connectivity index (χ0) is 13.5. The molecule has 0 bridgehead atoms. The van der Waals surface area contributed by atoms with E-state index in [1.165, 1.54) is 57.8 Å². The van der Waals surface area contributed by atoms with Crippen molar-refractivity contribution in [3.05, 3.63) is 0 Å². The second kappa shape index (κ2) is 15.0. The normalized spacial score (nSPS) is 12.8. The molecule has 2 heteroatoms. The number of unbranched alkanes of at least 4 members (excludes halogenated alkanes) is 3. The van der Waals surface area contributed by atoms with E-state index in [0.29, 0.717) is 0 Å². The summed E-state index contributed by atoms with van der Waals surface area (Å²) in [5.74, 6) is 0.980. The Balaban J connectivity index is 3.31. The second-order valence-corrected chi connectivity index (χ2v) is 5.40. The van der Waals surface area contributed by atoms with E-state index in [1.54, 1.807) is 0 Å². The molecule has 0 heterocycles. The molecule has 0 rings (SSSR count). The van der Waals surface area contributed by atoms with Gasteiger partial charge in [-0.3, -0.25) is 0 Å². The van der Waals surface area contributed by atoms with Crippen molar-refractivity contribution in [1.82, 2.24) is 0 Å². The van der Waals surface area contributed by atoms with Crippen LogP contribution in [0.1, 0.15) is 78.1 Å². The fourth-order valence-electron chi connectivity index (χ4n) is 2.44. The molecule has 0 aromatic rings. The Morgan fingerprint density at radius 3 is 2.17 bits per heavy atom. The topological polar surface area (TPSA) is 35.2 Å². The van der Waals surface area contributed by atoms with E-state index >= 15 is 0 Å². The molecule has 18 heavy (non-hydrogen) atoms. The lowest BCUT2D eigenvalue weighted by atomic mass is 9.91. The molecular weight excluding hydrogens is 222 g/mol. The predicted molar refractivity (Wildman–Crippen MR) is 80.9 cm³/mol. The van der Waals surface area contributed by atoms with Gasteiger partial charge in [0.25, 0.3) is 0 Å². The van der Waals surface area contributed by atoms with Gasteiger partial charge in [0.05, 0.1) is 0 Å². The van der Waals surface area contributed by atoms with Crippen molar-refractivity contribution < 1.29 is 4.74 Å². The van der Waals surface area contributed by atoms with Gasteiger partial charge in [-0.15, -0.1) is 0 Å². The highest BCUT2D eigenvalue weighted by Crippen LogP contribution is 2.21. The molecule has 0 aliphatic rings. The molecule has 0 saturated carbocycles. The molecule has 1 unspecified atom stereocenters. The molecule has 110 valence electrons. The average molecular weight is 257 g/mol. The van der Waals surface area contributed by atoms with Gasteiger partial charge in [-0.2, -0.15) is 0 Å². The summed E-state index contributed by atoms with van der Waals surface area (Å²) in [7, 11) is 0. The Morgan fingerprint density at radius 2 is 1.50 bits per heavy atom. The first kappa shape index (κ1) is 17.9. The van der Waals surface area contributed by atoms with Crippen LogP contribution in [0.25, 0.3) is 0 Å². The van der Waals surface area contributed by atoms with Crippen LogP contribution in [-0.2, 0) is 4.74 Å². The highest BCUT2D eigenvalue weighted by molar-refractivity contribution is 4.59. The summed E-state index contributed by atoms with van der Waals surface area (Å²) in [6.07, 6.45) is 13.3. The van der Waals surface area contributed by atoms with Crippen LogP contribution in [0.3, 0.4) is 0 Å². The minimum Gasteiger partial charge on any atom is -0.381 e. The largest absolute Gasteiger partial charge is 0.381 e. The maximum absolute atomic E-state index is 5.51. The summed E-state index contributed by atoms with van der Waals surface area (Å²) in [5.41, 5.74) is 5.41. The first-order valence-corrected chi connectivity index (χ1v) is 8.12. The van der Waals surface area contributed by atoms with Gasteiger partial charge in [0.1, 0.15) is 0 Å². The Bertz CT molecular complexity index is 150. The molecule has 0 radical (unpaired) electrons. The highest BCUT2D eigenvalue weighted by atomic mass is 16.5. The lowest BCUT2D eigenvalue weighted by Crippen LogP contribution is -2.05. The van der Waals surface area contributed by atoms with Gasteiger partial charge in [0, 0.05) is 13.2 Å². The predicted octanol–water partition coefficient (Wildman–Crippen LogP) is 4.52. The molecule has 2 N–H and O–H groups in total. The van der Waals surface area contributed by atoms with Gasteiger partial charge in [-0.1, -0.05) is 65.2 Å². The standard InChI is InChI=1S/C16H35NO/c1-3-5-11-16(10-4-2)12-7-6-8-14-18-15-9-13-17/h16H,3-15,17H2,1-2H3. The fraction of sp³-hybridized carbons (Fsp3) is 1.00. The van der Waals surface area contributed by atoms with E-state index in [2.05, 4.69) is 13.8 Å². The van der Waals surface area contributed by atoms with Gasteiger partial charge in [-0.25, -0.2) is 0 Å². The van der Waals surface area contributed by atoms with Crippen molar-refractivity contribution >= 4 is 0 Å². The van der Waals surface area contributed by atoms with Crippen molar-refractivity contribution in [2.45, 2.75) is 78.1 Å². The van der Waals surface area contributed by atoms with Crippen molar-refractivity contribution in [1.29, 1.82) is 0 Å². The third-order valence-corrected chi connectivity index (χ3v) is 3.56. The van der Waals surface area contributed by atoms with E-state index in [-0.39, 0.29) is 0 Å². The molecule has 2 nitrogen and oxygen atoms in total. The molecule has 0 saturated heterocycles. The summed E-state index contributed by atoms with van der Waals surface area (Å²) < 4.78 is 5.51. The van der Waals surface area contributed by atoms with Crippen molar-refractivity contribution in [2.75, 3.05) is 19.8 Å². The third kappa shape index (κ3) is 12.4. The van der Waals surface area contributed by atoms with Gasteiger partial charge < -0.3 is 10.5 Å². The zero-order valence-electron chi connectivity index (χ0n) is 12.8. The third-order valence-electron chi connectivity index (χ3n) is 3.56. The molecule has 0 aliphatic carbocycles. The molecule has 0 aromatic carbocycles. The van der Waals surface area contributed by atoms with Crippen LogP contribution in [0, 0.1) is 5.92 Å². The molecule has 0 aliphatic heterocycles. The summed E-state index contributed by atoms with van der Waals surface area (Å²) >= 11 is 0. The number of rotatable bonds is 14. The van der Waals surface area contributed by atoms with Gasteiger partial charge >= 0.3 is 0 Å². The van der Waals surface area contributed by atoms with Crippen LogP contribution in [-0.4, -0.2) is 19.8 Å². The Hall–Kier alpha value is -0.0800. The van der Waals surface area contributed by atoms with Crippen molar-refractivity contribution in [3.8, 4) is 0 Å². The first-order chi connectivity index (χ1) is 8.85. The monoisotopic (exact) mass is 257 g/mol. The minimum atomic E-state index is 0.746. The maximum Gasteiger partial charge on any atom is 0.0478 e. The number of hydrogen-bond acceptors (Lipinski definition) is 2. The van der Waals surface area contributed by atoms with Crippen LogP contribution >= 0.6 is 0 Å². The number of hydrogen-bond donors (Lipinski definition) is 1. The van der Waals surface area contributed by atoms with Crippen LogP contribution in [0.5, 0.6) is 0 Å². The van der Waals surface area contributed by atoms with Gasteiger partial charge in [0.2, 0.25) is 0 Å². The lowest BCUT2D eigenvalue weighted by Gasteiger charge is -2.15. The van der Waals surface area contributed by atoms with Crippen molar-refractivity contribution in [3.63, 3.8) is 0 Å². The van der Waals surface area contributed by atoms with E-state index in [0.717, 1.165) is 32.1 Å². The Labute approximate surface area is 115 Å². The minimum absolute atomic E-state index is 0.746. The Morgan fingerprint density at radius 1 is 0.778 bits per heavy atom. The van der Waals surface area contributed by atoms with Crippen molar-refractivity contribution in [2.24, 2.45) is 11.7 Å². The quantitative estimate of drug-likeness (QED) is 0.464. The average Bonchev–Trinajstić information content (AvgIpc) is 2.39. The fourth-order valence-corrected chi connectivity index (χ4v) is 2.44. The molecule has 1 atom stereocenters. The maximum atomic E-state index is 5.51. The molecule has 0 aromatic heterocycles. The molecule has 0 spiro atoms. The molecular formula is C16H35NO. The van der Waals surface area contributed by atoms with E-state index < -0.39 is 0 Å². The number of nitrogens with two attached hydrogens (primary N) is 1. The van der Waals surface area contributed by atoms with E-state index in [4.69, 9.17) is 10.5 Å². The summed E-state index contributed by atoms with van der Waals surface area (Å²) in [6.45, 7) is 7.11. The smallest absolute Gasteiger partial charge is 0.0478 e. The van der Waals surface area contributed by atoms with Gasteiger partial charge in [0.15, 0.2) is 0 Å². The lowest BCUT2D eigenvalue weighted by molar-refractivity contribution is 0.128. The highest BCUT2D eigenvalue weighted by Gasteiger charge is 2.06. The van der Waals surface area contributed by atoms with E-state index in [1.807, 2.05) is 0 Å².